The van der Waals surface area contributed by atoms with Crippen LogP contribution in [0.25, 0.3) is 22.4 Å². The molecule has 3 aromatic carbocycles. The third-order valence-electron chi connectivity index (χ3n) is 5.74. The molecule has 0 spiro atoms. The van der Waals surface area contributed by atoms with Gasteiger partial charge in [0.1, 0.15) is 11.4 Å². The lowest BCUT2D eigenvalue weighted by Crippen LogP contribution is -2.17. The molecular weight excluding hydrogens is 440 g/mol. The topological polar surface area (TPSA) is 44.3 Å². The Morgan fingerprint density at radius 1 is 0.853 bits per heavy atom. The summed E-state index contributed by atoms with van der Waals surface area (Å²) in [6, 6.07) is 27.1. The van der Waals surface area contributed by atoms with Gasteiger partial charge < -0.3 is 13.9 Å². The first-order chi connectivity index (χ1) is 16.8. The maximum absolute atomic E-state index is 5.53. The Labute approximate surface area is 203 Å². The molecule has 0 bridgehead atoms. The lowest BCUT2D eigenvalue weighted by molar-refractivity contribution is 0.416. The lowest BCUT2D eigenvalue weighted by atomic mass is 10.0. The van der Waals surface area contributed by atoms with E-state index in [1.165, 1.54) is 22.4 Å². The zero-order chi connectivity index (χ0) is 23.2. The number of ether oxygens (including phenoxy) is 1. The molecule has 0 saturated heterocycles. The number of aromatic nitrogens is 3. The van der Waals surface area contributed by atoms with Crippen molar-refractivity contribution in [2.45, 2.75) is 19.5 Å². The molecule has 0 N–H and O–H groups in total. The molecule has 0 amide bonds. The van der Waals surface area contributed by atoms with Crippen LogP contribution in [0.15, 0.2) is 108 Å². The van der Waals surface area contributed by atoms with Crippen molar-refractivity contribution >= 4 is 17.0 Å². The third-order valence-corrected chi connectivity index (χ3v) is 6.61. The molecule has 0 atom stereocenters. The molecule has 0 saturated carbocycles. The Kier molecular flexibility index (Phi) is 6.68. The summed E-state index contributed by atoms with van der Waals surface area (Å²) < 4.78 is 9.95. The van der Waals surface area contributed by atoms with Crippen molar-refractivity contribution in [3.05, 3.63) is 108 Å². The van der Waals surface area contributed by atoms with Gasteiger partial charge in [0.2, 0.25) is 0 Å². The molecule has 2 aromatic heterocycles. The van der Waals surface area contributed by atoms with Gasteiger partial charge in [0.25, 0.3) is 0 Å². The van der Waals surface area contributed by atoms with Crippen LogP contribution in [0.2, 0.25) is 0 Å². The molecule has 6 heteroatoms. The summed E-state index contributed by atoms with van der Waals surface area (Å²) >= 11 is 1.66. The minimum absolute atomic E-state index is 0.773. The van der Waals surface area contributed by atoms with Crippen LogP contribution in [-0.2, 0) is 13.1 Å². The molecule has 5 aromatic rings. The minimum atomic E-state index is 0.773. The van der Waals surface area contributed by atoms with E-state index in [4.69, 9.17) is 9.73 Å². The lowest BCUT2D eigenvalue weighted by Gasteiger charge is -2.11. The maximum Gasteiger partial charge on any atom is 0.190 e. The van der Waals surface area contributed by atoms with Gasteiger partial charge in [-0.15, -0.1) is 11.3 Å². The van der Waals surface area contributed by atoms with E-state index >= 15 is 0 Å². The summed E-state index contributed by atoms with van der Waals surface area (Å²) in [5.74, 6) is 0.773. The van der Waals surface area contributed by atoms with Crippen molar-refractivity contribution in [3.8, 4) is 28.1 Å². The van der Waals surface area contributed by atoms with Crippen molar-refractivity contribution in [2.24, 2.45) is 4.99 Å². The van der Waals surface area contributed by atoms with E-state index in [0.717, 1.165) is 35.7 Å². The van der Waals surface area contributed by atoms with Crippen molar-refractivity contribution in [1.29, 1.82) is 0 Å². The number of methoxy groups -OCH3 is 1. The van der Waals surface area contributed by atoms with Gasteiger partial charge >= 0.3 is 0 Å². The average molecular weight is 467 g/mol. The number of hydrogen-bond donors (Lipinski definition) is 0. The number of thiazole rings is 1. The third kappa shape index (κ3) is 4.87. The number of aryl methyl sites for hydroxylation is 1. The number of hydrogen-bond acceptors (Lipinski definition) is 4. The first-order valence-corrected chi connectivity index (χ1v) is 12.2. The van der Waals surface area contributed by atoms with E-state index in [9.17, 15) is 0 Å². The fourth-order valence-electron chi connectivity index (χ4n) is 3.99. The second kappa shape index (κ2) is 10.4. The van der Waals surface area contributed by atoms with Gasteiger partial charge in [-0.05, 0) is 35.2 Å². The molecule has 5 rings (SSSR count). The van der Waals surface area contributed by atoms with Crippen LogP contribution in [0.4, 0.5) is 5.69 Å². The van der Waals surface area contributed by atoms with Crippen molar-refractivity contribution in [3.63, 3.8) is 0 Å². The first kappa shape index (κ1) is 21.9. The number of nitrogens with zero attached hydrogens (tertiary/aromatic N) is 4. The SMILES string of the molecule is COc1ccccc1N=c1scc(-c2ccc(-c3ccccc3)cc2)n1CCCn1ccnc1. The van der Waals surface area contributed by atoms with Gasteiger partial charge in [-0.1, -0.05) is 66.7 Å². The Bertz CT molecular complexity index is 1400. The van der Waals surface area contributed by atoms with Gasteiger partial charge in [-0.3, -0.25) is 0 Å². The Morgan fingerprint density at radius 2 is 1.59 bits per heavy atom. The van der Waals surface area contributed by atoms with Gasteiger partial charge in [0.05, 0.1) is 19.1 Å². The second-order valence-electron chi connectivity index (χ2n) is 7.94. The highest BCUT2D eigenvalue weighted by Crippen LogP contribution is 2.28. The highest BCUT2D eigenvalue weighted by molar-refractivity contribution is 7.07. The molecule has 0 aliphatic carbocycles. The monoisotopic (exact) mass is 466 g/mol. The van der Waals surface area contributed by atoms with E-state index in [1.54, 1.807) is 18.4 Å². The Balaban J connectivity index is 1.50. The maximum atomic E-state index is 5.53. The molecule has 0 fully saturated rings. The molecule has 170 valence electrons. The van der Waals surface area contributed by atoms with Crippen molar-refractivity contribution < 1.29 is 4.74 Å². The minimum Gasteiger partial charge on any atom is -0.494 e. The smallest absolute Gasteiger partial charge is 0.190 e. The van der Waals surface area contributed by atoms with Gasteiger partial charge in [0.15, 0.2) is 4.80 Å². The summed E-state index contributed by atoms with van der Waals surface area (Å²) in [4.78, 5) is 10.1. The summed E-state index contributed by atoms with van der Waals surface area (Å²) in [5, 5.41) is 2.20. The average Bonchev–Trinajstić information content (AvgIpc) is 3.56. The van der Waals surface area contributed by atoms with Crippen LogP contribution in [0.5, 0.6) is 5.75 Å². The highest BCUT2D eigenvalue weighted by atomic mass is 32.1. The normalized spacial score (nSPS) is 11.6. The standard InChI is InChI=1S/C28H26N4OS/c1-33-27-11-6-5-10-25(27)30-28-32(18-7-17-31-19-16-29-21-31)26(20-34-28)24-14-12-23(13-15-24)22-8-3-2-4-9-22/h2-6,8-16,19-21H,7,17-18H2,1H3. The molecule has 0 aliphatic rings. The van der Waals surface area contributed by atoms with Crippen molar-refractivity contribution in [2.75, 3.05) is 7.11 Å². The summed E-state index contributed by atoms with van der Waals surface area (Å²) in [5.41, 5.74) is 5.62. The Hall–Kier alpha value is -3.90. The van der Waals surface area contributed by atoms with Crippen LogP contribution in [0, 0.1) is 0 Å². The van der Waals surface area contributed by atoms with E-state index in [-0.39, 0.29) is 0 Å². The fraction of sp³-hybridized carbons (Fsp3) is 0.143. The van der Waals surface area contributed by atoms with Gasteiger partial charge in [-0.25, -0.2) is 9.98 Å². The molecule has 0 unspecified atom stereocenters. The van der Waals surface area contributed by atoms with Crippen LogP contribution >= 0.6 is 11.3 Å². The Morgan fingerprint density at radius 3 is 2.35 bits per heavy atom. The zero-order valence-electron chi connectivity index (χ0n) is 19.0. The van der Waals surface area contributed by atoms with Crippen LogP contribution in [0.1, 0.15) is 6.42 Å². The zero-order valence-corrected chi connectivity index (χ0v) is 19.9. The summed E-state index contributed by atoms with van der Waals surface area (Å²) in [6.07, 6.45) is 6.66. The number of imidazole rings is 1. The van der Waals surface area contributed by atoms with Crippen LogP contribution in [0.3, 0.4) is 0 Å². The molecule has 34 heavy (non-hydrogen) atoms. The highest BCUT2D eigenvalue weighted by Gasteiger charge is 2.10. The fourth-order valence-corrected chi connectivity index (χ4v) is 4.93. The van der Waals surface area contributed by atoms with E-state index in [2.05, 4.69) is 68.0 Å². The number of benzene rings is 3. The molecule has 5 nitrogen and oxygen atoms in total. The number of rotatable bonds is 8. The second-order valence-corrected chi connectivity index (χ2v) is 8.77. The molecular formula is C28H26N4OS. The van der Waals surface area contributed by atoms with Crippen LogP contribution < -0.4 is 9.54 Å². The molecule has 2 heterocycles. The largest absolute Gasteiger partial charge is 0.494 e. The summed E-state index contributed by atoms with van der Waals surface area (Å²) in [7, 11) is 1.68. The molecule has 0 radical (unpaired) electrons. The van der Waals surface area contributed by atoms with Gasteiger partial charge in [0, 0.05) is 30.9 Å². The first-order valence-electron chi connectivity index (χ1n) is 11.3. The quantitative estimate of drug-likeness (QED) is 0.265. The number of para-hydroxylation sites is 2. The van der Waals surface area contributed by atoms with E-state index < -0.39 is 0 Å². The van der Waals surface area contributed by atoms with E-state index in [1.807, 2.05) is 49.1 Å². The predicted molar refractivity (Wildman–Crippen MR) is 138 cm³/mol. The van der Waals surface area contributed by atoms with Crippen LogP contribution in [-0.4, -0.2) is 21.2 Å². The summed E-state index contributed by atoms with van der Waals surface area (Å²) in [6.45, 7) is 1.76. The van der Waals surface area contributed by atoms with E-state index in [0.29, 0.717) is 0 Å². The van der Waals surface area contributed by atoms with Gasteiger partial charge in [-0.2, -0.15) is 0 Å². The predicted octanol–water partition coefficient (Wildman–Crippen LogP) is 6.41. The van der Waals surface area contributed by atoms with Crippen molar-refractivity contribution in [1.82, 2.24) is 14.1 Å². The molecule has 0 aliphatic heterocycles.